The predicted octanol–water partition coefficient (Wildman–Crippen LogP) is 15.4. The zero-order valence-corrected chi connectivity index (χ0v) is 32.7. The van der Waals surface area contributed by atoms with Gasteiger partial charge in [-0.15, -0.1) is 0 Å². The van der Waals surface area contributed by atoms with Gasteiger partial charge in [0, 0.05) is 46.4 Å². The third kappa shape index (κ3) is 5.76. The summed E-state index contributed by atoms with van der Waals surface area (Å²) < 4.78 is 5.64. The van der Waals surface area contributed by atoms with Crippen LogP contribution in [0.5, 0.6) is 0 Å². The zero-order chi connectivity index (χ0) is 35.2. The Labute approximate surface area is 328 Å². The molecule has 9 aromatic rings. The molecule has 0 amide bonds. The van der Waals surface area contributed by atoms with Crippen molar-refractivity contribution in [3.8, 4) is 61.3 Å². The molecule has 4 heteroatoms. The third-order valence-electron chi connectivity index (χ3n) is 9.80. The van der Waals surface area contributed by atoms with Gasteiger partial charge in [0.25, 0.3) is 0 Å². The monoisotopic (exact) mass is 857 g/mol. The molecule has 1 nitrogen and oxygen atoms in total. The van der Waals surface area contributed by atoms with Crippen LogP contribution in [0.1, 0.15) is 0 Å². The van der Waals surface area contributed by atoms with Crippen LogP contribution in [0.2, 0.25) is 0 Å². The van der Waals surface area contributed by atoms with Crippen molar-refractivity contribution in [2.75, 3.05) is 0 Å². The number of para-hydroxylation sites is 2. The molecule has 0 atom stereocenters. The Morgan fingerprint density at radius 2 is 0.558 bits per heavy atom. The molecule has 52 heavy (non-hydrogen) atoms. The number of hydrogen-bond donors (Lipinski definition) is 0. The molecule has 0 unspecified atom stereocenters. The van der Waals surface area contributed by atoms with Gasteiger partial charge in [-0.25, -0.2) is 0 Å². The van der Waals surface area contributed by atoms with Gasteiger partial charge in [0.05, 0.1) is 16.7 Å². The summed E-state index contributed by atoms with van der Waals surface area (Å²) in [5, 5.41) is 2.45. The Morgan fingerprint density at radius 1 is 0.269 bits per heavy atom. The summed E-state index contributed by atoms with van der Waals surface area (Å²) in [6.45, 7) is 0. The minimum absolute atomic E-state index is 1.04. The molecular formula is C48H30Br3N. The molecule has 248 valence electrons. The lowest BCUT2D eigenvalue weighted by Gasteiger charge is -2.29. The maximum Gasteiger partial charge on any atom is 0.0631 e. The van der Waals surface area contributed by atoms with E-state index < -0.39 is 0 Å². The summed E-state index contributed by atoms with van der Waals surface area (Å²) >= 11 is 11.2. The molecule has 0 saturated carbocycles. The average Bonchev–Trinajstić information content (AvgIpc) is 3.53. The second-order valence-electron chi connectivity index (χ2n) is 12.8. The Balaban J connectivity index is 1.64. The summed E-state index contributed by atoms with van der Waals surface area (Å²) in [7, 11) is 0. The van der Waals surface area contributed by atoms with Gasteiger partial charge >= 0.3 is 0 Å². The van der Waals surface area contributed by atoms with Crippen LogP contribution in [0.4, 0.5) is 0 Å². The lowest BCUT2D eigenvalue weighted by molar-refractivity contribution is 1.18. The Morgan fingerprint density at radius 3 is 0.962 bits per heavy atom. The molecule has 1 aromatic heterocycles. The normalized spacial score (nSPS) is 11.4. The SMILES string of the molecule is Brc1ccc(-c2c(-c3ccc(Br)cc3)c(-c3ccccc3)c(-n3c4ccccc4c4ccccc43)c(-c3ccc(Br)cc3)c2-c2ccccc2)cc1. The molecule has 8 aromatic carbocycles. The van der Waals surface area contributed by atoms with Crippen LogP contribution in [-0.4, -0.2) is 4.57 Å². The second kappa shape index (κ2) is 13.9. The highest BCUT2D eigenvalue weighted by Crippen LogP contribution is 2.55. The van der Waals surface area contributed by atoms with Crippen LogP contribution >= 0.6 is 47.8 Å². The first-order valence-electron chi connectivity index (χ1n) is 17.2. The molecule has 0 aliphatic carbocycles. The summed E-state index contributed by atoms with van der Waals surface area (Å²) in [5.41, 5.74) is 15.1. The first-order chi connectivity index (χ1) is 25.6. The van der Waals surface area contributed by atoms with Crippen LogP contribution in [-0.2, 0) is 0 Å². The third-order valence-corrected chi connectivity index (χ3v) is 11.4. The van der Waals surface area contributed by atoms with E-state index in [1.165, 1.54) is 38.6 Å². The number of fused-ring (bicyclic) bond motifs is 3. The standard InChI is InChI=1S/C48H30Br3N/c49-36-25-19-33(20-26-36)43-44(31-11-3-1-4-12-31)47(35-23-29-38(51)30-24-35)48(52-41-17-9-7-15-39(41)40-16-8-10-18-42(40)52)46(32-13-5-2-6-14-32)45(43)34-21-27-37(50)28-22-34/h1-30H. The van der Waals surface area contributed by atoms with E-state index in [0.717, 1.165) is 58.0 Å². The minimum Gasteiger partial charge on any atom is -0.308 e. The van der Waals surface area contributed by atoms with E-state index in [9.17, 15) is 0 Å². The largest absolute Gasteiger partial charge is 0.308 e. The van der Waals surface area contributed by atoms with Gasteiger partial charge in [0.2, 0.25) is 0 Å². The molecule has 0 radical (unpaired) electrons. The number of aromatic nitrogens is 1. The lowest BCUT2D eigenvalue weighted by atomic mass is 9.77. The van der Waals surface area contributed by atoms with Crippen LogP contribution in [0.3, 0.4) is 0 Å². The fraction of sp³-hybridized carbons (Fsp3) is 0. The van der Waals surface area contributed by atoms with E-state index in [0.29, 0.717) is 0 Å². The van der Waals surface area contributed by atoms with Gasteiger partial charge in [0.15, 0.2) is 0 Å². The summed E-state index contributed by atoms with van der Waals surface area (Å²) in [6.07, 6.45) is 0. The first kappa shape index (κ1) is 32.9. The molecule has 0 spiro atoms. The maximum absolute atomic E-state index is 3.75. The highest BCUT2D eigenvalue weighted by molar-refractivity contribution is 9.11. The van der Waals surface area contributed by atoms with Crippen molar-refractivity contribution in [2.24, 2.45) is 0 Å². The highest BCUT2D eigenvalue weighted by atomic mass is 79.9. The molecule has 9 rings (SSSR count). The molecule has 1 heterocycles. The van der Waals surface area contributed by atoms with Crippen molar-refractivity contribution in [1.82, 2.24) is 4.57 Å². The van der Waals surface area contributed by atoms with Gasteiger partial charge in [0.1, 0.15) is 0 Å². The van der Waals surface area contributed by atoms with Crippen molar-refractivity contribution < 1.29 is 0 Å². The minimum atomic E-state index is 1.04. The van der Waals surface area contributed by atoms with E-state index in [1.54, 1.807) is 0 Å². The molecule has 0 saturated heterocycles. The van der Waals surface area contributed by atoms with E-state index in [1.807, 2.05) is 0 Å². The number of benzene rings is 8. The number of rotatable bonds is 6. The summed E-state index contributed by atoms with van der Waals surface area (Å²) in [4.78, 5) is 0. The smallest absolute Gasteiger partial charge is 0.0631 e. The van der Waals surface area contributed by atoms with Crippen LogP contribution in [0, 0.1) is 0 Å². The van der Waals surface area contributed by atoms with E-state index in [4.69, 9.17) is 0 Å². The quantitative estimate of drug-likeness (QED) is 0.157. The van der Waals surface area contributed by atoms with E-state index in [2.05, 4.69) is 234 Å². The Bertz CT molecular complexity index is 2660. The lowest BCUT2D eigenvalue weighted by Crippen LogP contribution is -2.07. The molecule has 0 N–H and O–H groups in total. The molecule has 0 bridgehead atoms. The summed E-state index contributed by atoms with van der Waals surface area (Å²) in [5.74, 6) is 0. The number of hydrogen-bond acceptors (Lipinski definition) is 0. The van der Waals surface area contributed by atoms with E-state index >= 15 is 0 Å². The topological polar surface area (TPSA) is 4.93 Å². The second-order valence-corrected chi connectivity index (χ2v) is 15.6. The van der Waals surface area contributed by atoms with Crippen molar-refractivity contribution in [1.29, 1.82) is 0 Å². The van der Waals surface area contributed by atoms with Crippen molar-refractivity contribution >= 4 is 69.6 Å². The molecule has 0 aliphatic rings. The van der Waals surface area contributed by atoms with Crippen molar-refractivity contribution in [3.05, 3.63) is 195 Å². The van der Waals surface area contributed by atoms with Crippen LogP contribution in [0.15, 0.2) is 195 Å². The first-order valence-corrected chi connectivity index (χ1v) is 19.6. The number of nitrogens with zero attached hydrogens (tertiary/aromatic N) is 1. The maximum atomic E-state index is 3.75. The van der Waals surface area contributed by atoms with Gasteiger partial charge in [-0.3, -0.25) is 0 Å². The Kier molecular flexibility index (Phi) is 8.76. The van der Waals surface area contributed by atoms with Gasteiger partial charge in [-0.2, -0.15) is 0 Å². The van der Waals surface area contributed by atoms with Crippen LogP contribution < -0.4 is 0 Å². The summed E-state index contributed by atoms with van der Waals surface area (Å²) in [6, 6.07) is 65.9. The molecule has 0 aliphatic heterocycles. The fourth-order valence-electron chi connectivity index (χ4n) is 7.61. The fourth-order valence-corrected chi connectivity index (χ4v) is 8.40. The van der Waals surface area contributed by atoms with Crippen molar-refractivity contribution in [2.45, 2.75) is 0 Å². The number of halogens is 3. The highest BCUT2D eigenvalue weighted by Gasteiger charge is 2.30. The van der Waals surface area contributed by atoms with Gasteiger partial charge < -0.3 is 4.57 Å². The van der Waals surface area contributed by atoms with Crippen LogP contribution in [0.25, 0.3) is 83.1 Å². The van der Waals surface area contributed by atoms with Gasteiger partial charge in [-0.1, -0.05) is 181 Å². The zero-order valence-electron chi connectivity index (χ0n) is 27.9. The Hall–Kier alpha value is -5.00. The average molecular weight is 860 g/mol. The predicted molar refractivity (Wildman–Crippen MR) is 231 cm³/mol. The van der Waals surface area contributed by atoms with Gasteiger partial charge in [-0.05, 0) is 81.9 Å². The molecular weight excluding hydrogens is 830 g/mol. The molecule has 0 fully saturated rings. The van der Waals surface area contributed by atoms with E-state index in [-0.39, 0.29) is 0 Å². The van der Waals surface area contributed by atoms with Crippen molar-refractivity contribution in [3.63, 3.8) is 0 Å².